The van der Waals surface area contributed by atoms with Crippen molar-refractivity contribution in [1.82, 2.24) is 0 Å². The monoisotopic (exact) mass is 508 g/mol. The van der Waals surface area contributed by atoms with E-state index in [-0.39, 0.29) is 13.8 Å². The van der Waals surface area contributed by atoms with Gasteiger partial charge in [0.1, 0.15) is 16.1 Å². The summed E-state index contributed by atoms with van der Waals surface area (Å²) in [6, 6.07) is 0. The Morgan fingerprint density at radius 1 is 0.400 bits per heavy atom. The molecular weight excluding hydrogens is 499 g/mol. The van der Waals surface area contributed by atoms with E-state index in [1.165, 1.54) is 0 Å². The average molecular weight is 508 g/mol. The van der Waals surface area contributed by atoms with Crippen LogP contribution in [0.2, 0.25) is 0 Å². The fourth-order valence-corrected chi connectivity index (χ4v) is 1.93. The standard InChI is InChI=1S/C11H9F17OSi/c1-3(2,29-30)4(12,13)5(14,15)6(16,17)7(18,19)8(20,21)9(22,23)10(24,25)11(26,27)28/h1-2,30H3. The fraction of sp³-hybridized carbons (Fsp3) is 1.00. The first-order chi connectivity index (χ1) is 12.6. The van der Waals surface area contributed by atoms with Crippen LogP contribution in [0.4, 0.5) is 74.6 Å². The van der Waals surface area contributed by atoms with Crippen LogP contribution in [0.5, 0.6) is 0 Å². The van der Waals surface area contributed by atoms with E-state index < -0.39 is 63.7 Å². The van der Waals surface area contributed by atoms with Crippen molar-refractivity contribution in [2.45, 2.75) is 67.1 Å². The Morgan fingerprint density at radius 2 is 0.600 bits per heavy atom. The number of halogens is 17. The average Bonchev–Trinajstić information content (AvgIpc) is 2.52. The van der Waals surface area contributed by atoms with Crippen molar-refractivity contribution in [1.29, 1.82) is 0 Å². The van der Waals surface area contributed by atoms with Crippen molar-refractivity contribution >= 4 is 10.5 Å². The minimum absolute atomic E-state index is 0.132. The topological polar surface area (TPSA) is 9.23 Å². The van der Waals surface area contributed by atoms with Gasteiger partial charge in [-0.25, -0.2) is 0 Å². The normalized spacial score (nSPS) is 16.9. The lowest BCUT2D eigenvalue weighted by Gasteiger charge is -2.45. The Labute approximate surface area is 158 Å². The van der Waals surface area contributed by atoms with Gasteiger partial charge in [0.25, 0.3) is 0 Å². The maximum atomic E-state index is 13.7. The van der Waals surface area contributed by atoms with Gasteiger partial charge in [0.05, 0.1) is 0 Å². The van der Waals surface area contributed by atoms with E-state index >= 15 is 0 Å². The summed E-state index contributed by atoms with van der Waals surface area (Å²) in [5.74, 6) is -56.4. The summed E-state index contributed by atoms with van der Waals surface area (Å²) < 4.78 is 225. The summed E-state index contributed by atoms with van der Waals surface area (Å²) in [6.07, 6.45) is -7.76. The predicted molar refractivity (Wildman–Crippen MR) is 65.8 cm³/mol. The third-order valence-electron chi connectivity index (χ3n) is 3.99. The van der Waals surface area contributed by atoms with Crippen molar-refractivity contribution in [3.05, 3.63) is 0 Å². The molecule has 19 heteroatoms. The molecule has 0 aromatic carbocycles. The zero-order valence-electron chi connectivity index (χ0n) is 14.3. The highest BCUT2D eigenvalue weighted by Crippen LogP contribution is 2.64. The van der Waals surface area contributed by atoms with Gasteiger partial charge in [0.2, 0.25) is 0 Å². The van der Waals surface area contributed by atoms with E-state index in [4.69, 9.17) is 0 Å². The molecule has 0 bridgehead atoms. The lowest BCUT2D eigenvalue weighted by Crippen LogP contribution is -2.76. The van der Waals surface area contributed by atoms with E-state index in [1.807, 2.05) is 0 Å². The van der Waals surface area contributed by atoms with E-state index in [0.29, 0.717) is 0 Å². The van der Waals surface area contributed by atoms with Gasteiger partial charge in [0, 0.05) is 0 Å². The zero-order valence-corrected chi connectivity index (χ0v) is 16.3. The first kappa shape index (κ1) is 29.0. The summed E-state index contributed by atoms with van der Waals surface area (Å²) in [6.45, 7) is -0.265. The molecule has 0 heterocycles. The molecule has 0 atom stereocenters. The first-order valence-electron chi connectivity index (χ1n) is 6.83. The molecule has 1 nitrogen and oxygen atoms in total. The van der Waals surface area contributed by atoms with E-state index in [1.54, 1.807) is 0 Å². The second kappa shape index (κ2) is 6.99. The van der Waals surface area contributed by atoms with Gasteiger partial charge in [0.15, 0.2) is 0 Å². The van der Waals surface area contributed by atoms with Crippen LogP contribution in [0, 0.1) is 0 Å². The minimum Gasteiger partial charge on any atom is -0.417 e. The van der Waals surface area contributed by atoms with Crippen LogP contribution in [0.3, 0.4) is 0 Å². The van der Waals surface area contributed by atoms with Crippen LogP contribution in [0.25, 0.3) is 0 Å². The number of hydrogen-bond donors (Lipinski definition) is 0. The molecule has 182 valence electrons. The molecule has 0 spiro atoms. The highest BCUT2D eigenvalue weighted by atomic mass is 28.2. The van der Waals surface area contributed by atoms with Crippen LogP contribution in [0.1, 0.15) is 13.8 Å². The lowest BCUT2D eigenvalue weighted by atomic mass is 9.84. The van der Waals surface area contributed by atoms with Gasteiger partial charge in [-0.15, -0.1) is 0 Å². The third-order valence-corrected chi connectivity index (χ3v) is 5.01. The van der Waals surface area contributed by atoms with Crippen molar-refractivity contribution < 1.29 is 79.1 Å². The van der Waals surface area contributed by atoms with E-state index in [0.717, 1.165) is 0 Å². The zero-order chi connectivity index (χ0) is 25.2. The lowest BCUT2D eigenvalue weighted by molar-refractivity contribution is -0.465. The Bertz CT molecular complexity index is 634. The summed E-state index contributed by atoms with van der Waals surface area (Å²) >= 11 is 0. The first-order valence-corrected chi connectivity index (χ1v) is 7.64. The molecule has 30 heavy (non-hydrogen) atoms. The highest BCUT2D eigenvalue weighted by molar-refractivity contribution is 5.98. The maximum absolute atomic E-state index is 13.7. The predicted octanol–water partition coefficient (Wildman–Crippen LogP) is 5.07. The van der Waals surface area contributed by atoms with Crippen LogP contribution in [-0.2, 0) is 4.43 Å². The molecule has 0 N–H and O–H groups in total. The summed E-state index contributed by atoms with van der Waals surface area (Å²) in [5, 5.41) is 0. The Kier molecular flexibility index (Phi) is 6.76. The molecule has 0 aliphatic rings. The van der Waals surface area contributed by atoms with E-state index in [2.05, 4.69) is 4.43 Å². The fourth-order valence-electron chi connectivity index (χ4n) is 1.67. The van der Waals surface area contributed by atoms with Gasteiger partial charge in [-0.1, -0.05) is 0 Å². The molecule has 0 saturated heterocycles. The molecule has 0 unspecified atom stereocenters. The summed E-state index contributed by atoms with van der Waals surface area (Å²) in [4.78, 5) is 0. The molecule has 0 amide bonds. The number of rotatable bonds is 8. The minimum atomic E-state index is -8.62. The van der Waals surface area contributed by atoms with Crippen molar-refractivity contribution in [2.75, 3.05) is 0 Å². The molecule has 0 fully saturated rings. The Morgan fingerprint density at radius 3 is 0.800 bits per heavy atom. The van der Waals surface area contributed by atoms with Gasteiger partial charge in [-0.05, 0) is 13.8 Å². The van der Waals surface area contributed by atoms with Gasteiger partial charge in [-0.3, -0.25) is 0 Å². The van der Waals surface area contributed by atoms with Crippen molar-refractivity contribution in [3.63, 3.8) is 0 Å². The van der Waals surface area contributed by atoms with Crippen LogP contribution >= 0.6 is 0 Å². The molecule has 0 saturated carbocycles. The molecule has 0 rings (SSSR count). The van der Waals surface area contributed by atoms with Crippen LogP contribution in [-0.4, -0.2) is 63.7 Å². The number of hydrogen-bond acceptors (Lipinski definition) is 1. The largest absolute Gasteiger partial charge is 0.460 e. The number of alkyl halides is 17. The second-order valence-electron chi connectivity index (χ2n) is 6.23. The Hall–Kier alpha value is -1.01. The SMILES string of the molecule is CC(C)(O[SiH3])C(F)(F)C(F)(F)C(F)(F)C(F)(F)C(F)(F)C(F)(F)C(F)(F)C(F)(F)F. The highest BCUT2D eigenvalue weighted by Gasteiger charge is 2.95. The molecule has 0 aromatic rings. The molecule has 0 aliphatic carbocycles. The molecular formula is C11H9F17OSi. The van der Waals surface area contributed by atoms with Crippen LogP contribution < -0.4 is 0 Å². The molecule has 0 aliphatic heterocycles. The van der Waals surface area contributed by atoms with Gasteiger partial charge in [-0.2, -0.15) is 74.6 Å². The van der Waals surface area contributed by atoms with Gasteiger partial charge < -0.3 is 4.43 Å². The molecule has 0 aromatic heterocycles. The third kappa shape index (κ3) is 3.33. The smallest absolute Gasteiger partial charge is 0.417 e. The summed E-state index contributed by atoms with van der Waals surface area (Å²) in [7, 11) is -0.978. The summed E-state index contributed by atoms with van der Waals surface area (Å²) in [5.41, 5.74) is -3.82. The van der Waals surface area contributed by atoms with Crippen LogP contribution in [0.15, 0.2) is 0 Å². The molecule has 0 radical (unpaired) electrons. The maximum Gasteiger partial charge on any atom is 0.460 e. The van der Waals surface area contributed by atoms with Crippen molar-refractivity contribution in [2.24, 2.45) is 0 Å². The Balaban J connectivity index is 6.85. The second-order valence-corrected chi connectivity index (χ2v) is 6.64. The van der Waals surface area contributed by atoms with Gasteiger partial charge >= 0.3 is 47.6 Å². The van der Waals surface area contributed by atoms with Crippen molar-refractivity contribution in [3.8, 4) is 0 Å². The van der Waals surface area contributed by atoms with E-state index in [9.17, 15) is 74.6 Å². The quantitative estimate of drug-likeness (QED) is 0.329.